The lowest BCUT2D eigenvalue weighted by Crippen LogP contribution is -2.43. The van der Waals surface area contributed by atoms with E-state index in [9.17, 15) is 0 Å². The zero-order valence-electron chi connectivity index (χ0n) is 12.7. The van der Waals surface area contributed by atoms with Crippen LogP contribution in [-0.2, 0) is 0 Å². The van der Waals surface area contributed by atoms with E-state index >= 15 is 0 Å². The van der Waals surface area contributed by atoms with Gasteiger partial charge in [0.1, 0.15) is 5.75 Å². The summed E-state index contributed by atoms with van der Waals surface area (Å²) in [6.45, 7) is 13.1. The van der Waals surface area contributed by atoms with Gasteiger partial charge in [0, 0.05) is 6.08 Å². The second kappa shape index (κ2) is 5.62. The highest BCUT2D eigenvalue weighted by Gasteiger charge is 2.38. The van der Waals surface area contributed by atoms with E-state index in [1.54, 1.807) is 6.08 Å². The van der Waals surface area contributed by atoms with Crippen molar-refractivity contribution in [2.24, 2.45) is 0 Å². The summed E-state index contributed by atoms with van der Waals surface area (Å²) in [4.78, 5) is 0. The Morgan fingerprint density at radius 1 is 1.32 bits per heavy atom. The fraction of sp³-hybridized carbons (Fsp3) is 0.438. The maximum atomic E-state index is 8.71. The molecule has 0 aliphatic carbocycles. The maximum Gasteiger partial charge on any atom is 0.250 e. The third-order valence-electron chi connectivity index (χ3n) is 3.75. The van der Waals surface area contributed by atoms with E-state index in [0.717, 1.165) is 16.9 Å². The van der Waals surface area contributed by atoms with Gasteiger partial charge in [-0.25, -0.2) is 0 Å². The van der Waals surface area contributed by atoms with E-state index in [0.29, 0.717) is 0 Å². The molecule has 0 N–H and O–H groups in total. The van der Waals surface area contributed by atoms with Crippen molar-refractivity contribution < 1.29 is 4.43 Å². The first-order valence-electron chi connectivity index (χ1n) is 6.53. The molecule has 1 aromatic carbocycles. The molecule has 1 aromatic rings. The van der Waals surface area contributed by atoms with E-state index in [2.05, 4.69) is 39.9 Å². The minimum atomic E-state index is -1.81. The average Bonchev–Trinajstić information content (AvgIpc) is 2.27. The standard InChI is InChI=1S/C16H23NOSi/c1-13(10-11-17)14-8-7-9-15(12-14)18-19(5,6)16(2,3)4/h7-10,12H,1-6H3. The summed E-state index contributed by atoms with van der Waals surface area (Å²) in [5.74, 6) is 0.898. The molecule has 0 radical (unpaired) electrons. The molecule has 0 bridgehead atoms. The van der Waals surface area contributed by atoms with Crippen molar-refractivity contribution in [1.82, 2.24) is 0 Å². The van der Waals surface area contributed by atoms with E-state index in [1.807, 2.05) is 31.2 Å². The van der Waals surface area contributed by atoms with Gasteiger partial charge in [0.25, 0.3) is 0 Å². The predicted octanol–water partition coefficient (Wildman–Crippen LogP) is 5.00. The van der Waals surface area contributed by atoms with Gasteiger partial charge < -0.3 is 4.43 Å². The summed E-state index contributed by atoms with van der Waals surface area (Å²) in [6, 6.07) is 10.1. The molecule has 0 saturated carbocycles. The Labute approximate surface area is 117 Å². The van der Waals surface area contributed by atoms with E-state index in [-0.39, 0.29) is 5.04 Å². The number of rotatable bonds is 3. The zero-order chi connectivity index (χ0) is 14.7. The molecule has 0 fully saturated rings. The average molecular weight is 273 g/mol. The van der Waals surface area contributed by atoms with Crippen molar-refractivity contribution in [3.63, 3.8) is 0 Å². The Morgan fingerprint density at radius 3 is 2.47 bits per heavy atom. The van der Waals surface area contributed by atoms with Crippen LogP contribution in [0.1, 0.15) is 33.3 Å². The lowest BCUT2D eigenvalue weighted by Gasteiger charge is -2.36. The predicted molar refractivity (Wildman–Crippen MR) is 83.5 cm³/mol. The molecule has 0 aromatic heterocycles. The van der Waals surface area contributed by atoms with E-state index < -0.39 is 8.32 Å². The van der Waals surface area contributed by atoms with Crippen LogP contribution in [0.25, 0.3) is 5.57 Å². The molecular weight excluding hydrogens is 250 g/mol. The number of allylic oxidation sites excluding steroid dienone is 2. The van der Waals surface area contributed by atoms with E-state index in [4.69, 9.17) is 9.69 Å². The molecule has 2 nitrogen and oxygen atoms in total. The van der Waals surface area contributed by atoms with Gasteiger partial charge in [0.2, 0.25) is 8.32 Å². The summed E-state index contributed by atoms with van der Waals surface area (Å²) in [5.41, 5.74) is 2.00. The van der Waals surface area contributed by atoms with Gasteiger partial charge >= 0.3 is 0 Å². The van der Waals surface area contributed by atoms with Crippen LogP contribution in [0, 0.1) is 11.3 Å². The molecule has 3 heteroatoms. The highest BCUT2D eigenvalue weighted by Crippen LogP contribution is 2.37. The van der Waals surface area contributed by atoms with Gasteiger partial charge in [-0.15, -0.1) is 0 Å². The van der Waals surface area contributed by atoms with Crippen LogP contribution >= 0.6 is 0 Å². The van der Waals surface area contributed by atoms with Crippen molar-refractivity contribution in [2.45, 2.75) is 45.8 Å². The lowest BCUT2D eigenvalue weighted by atomic mass is 10.1. The molecule has 0 spiro atoms. The Kier molecular flexibility index (Phi) is 4.59. The van der Waals surface area contributed by atoms with Crippen LogP contribution in [0.15, 0.2) is 30.3 Å². The van der Waals surface area contributed by atoms with E-state index in [1.165, 1.54) is 0 Å². The van der Waals surface area contributed by atoms with Crippen LogP contribution in [0.4, 0.5) is 0 Å². The molecule has 0 amide bonds. The molecule has 19 heavy (non-hydrogen) atoms. The fourth-order valence-corrected chi connectivity index (χ4v) is 2.46. The Balaban J connectivity index is 3.03. The van der Waals surface area contributed by atoms with Crippen LogP contribution in [0.5, 0.6) is 5.75 Å². The van der Waals surface area contributed by atoms with Crippen LogP contribution in [0.2, 0.25) is 18.1 Å². The molecule has 0 heterocycles. The van der Waals surface area contributed by atoms with Gasteiger partial charge in [-0.2, -0.15) is 5.26 Å². The third-order valence-corrected chi connectivity index (χ3v) is 8.11. The summed E-state index contributed by atoms with van der Waals surface area (Å²) in [7, 11) is -1.81. The number of hydrogen-bond donors (Lipinski definition) is 0. The molecule has 0 aliphatic rings. The lowest BCUT2D eigenvalue weighted by molar-refractivity contribution is 0.492. The van der Waals surface area contributed by atoms with Crippen molar-refractivity contribution in [1.29, 1.82) is 5.26 Å². The second-order valence-electron chi connectivity index (χ2n) is 6.35. The first-order chi connectivity index (χ1) is 8.67. The fourth-order valence-electron chi connectivity index (χ4n) is 1.43. The SMILES string of the molecule is CC(=CC#N)c1cccc(O[Si](C)(C)C(C)(C)C)c1. The van der Waals surface area contributed by atoms with Crippen LogP contribution in [-0.4, -0.2) is 8.32 Å². The third kappa shape index (κ3) is 3.97. The summed E-state index contributed by atoms with van der Waals surface area (Å²) >= 11 is 0. The van der Waals surface area contributed by atoms with Gasteiger partial charge in [-0.1, -0.05) is 32.9 Å². The summed E-state index contributed by atoms with van der Waals surface area (Å²) in [6.07, 6.45) is 1.56. The number of nitriles is 1. The van der Waals surface area contributed by atoms with Crippen molar-refractivity contribution in [3.05, 3.63) is 35.9 Å². The highest BCUT2D eigenvalue weighted by atomic mass is 28.4. The van der Waals surface area contributed by atoms with Gasteiger partial charge in [0.15, 0.2) is 0 Å². The Morgan fingerprint density at radius 2 is 1.95 bits per heavy atom. The molecular formula is C16H23NOSi. The van der Waals surface area contributed by atoms with Gasteiger partial charge in [-0.3, -0.25) is 0 Å². The van der Waals surface area contributed by atoms with Crippen molar-refractivity contribution in [3.8, 4) is 11.8 Å². The molecule has 0 saturated heterocycles. The molecule has 0 aliphatic heterocycles. The normalized spacial score (nSPS) is 13.0. The second-order valence-corrected chi connectivity index (χ2v) is 11.1. The first-order valence-corrected chi connectivity index (χ1v) is 9.44. The Hall–Kier alpha value is -1.53. The monoisotopic (exact) mass is 273 g/mol. The minimum absolute atomic E-state index is 0.181. The minimum Gasteiger partial charge on any atom is -0.543 e. The van der Waals surface area contributed by atoms with Crippen molar-refractivity contribution in [2.75, 3.05) is 0 Å². The molecule has 0 atom stereocenters. The van der Waals surface area contributed by atoms with Gasteiger partial charge in [-0.05, 0) is 48.3 Å². The number of benzene rings is 1. The maximum absolute atomic E-state index is 8.71. The largest absolute Gasteiger partial charge is 0.543 e. The number of nitrogens with zero attached hydrogens (tertiary/aromatic N) is 1. The van der Waals surface area contributed by atoms with Crippen molar-refractivity contribution >= 4 is 13.9 Å². The molecule has 0 unspecified atom stereocenters. The summed E-state index contributed by atoms with van der Waals surface area (Å²) < 4.78 is 6.26. The molecule has 102 valence electrons. The smallest absolute Gasteiger partial charge is 0.250 e. The van der Waals surface area contributed by atoms with Gasteiger partial charge in [0.05, 0.1) is 6.07 Å². The topological polar surface area (TPSA) is 33.0 Å². The molecule has 1 rings (SSSR count). The Bertz CT molecular complexity index is 518. The quantitative estimate of drug-likeness (QED) is 0.573. The zero-order valence-corrected chi connectivity index (χ0v) is 13.7. The highest BCUT2D eigenvalue weighted by molar-refractivity contribution is 6.74. The van der Waals surface area contributed by atoms with Crippen LogP contribution < -0.4 is 4.43 Å². The van der Waals surface area contributed by atoms with Crippen LogP contribution in [0.3, 0.4) is 0 Å². The summed E-state index contributed by atoms with van der Waals surface area (Å²) in [5, 5.41) is 8.89. The first kappa shape index (κ1) is 15.5. The number of hydrogen-bond acceptors (Lipinski definition) is 2.